The van der Waals surface area contributed by atoms with Gasteiger partial charge < -0.3 is 14.3 Å². The molecule has 0 spiro atoms. The number of hydrogen-bond donors (Lipinski definition) is 1. The highest BCUT2D eigenvalue weighted by Gasteiger charge is 2.15. The molecule has 0 unspecified atom stereocenters. The highest BCUT2D eigenvalue weighted by molar-refractivity contribution is 5.86. The molecule has 0 bridgehead atoms. The predicted molar refractivity (Wildman–Crippen MR) is 85.8 cm³/mol. The Kier molecular flexibility index (Phi) is 3.85. The van der Waals surface area contributed by atoms with Crippen molar-refractivity contribution in [3.8, 4) is 17.1 Å². The van der Waals surface area contributed by atoms with Crippen molar-refractivity contribution >= 4 is 16.9 Å². The molecular weight excluding hydrogens is 296 g/mol. The van der Waals surface area contributed by atoms with Gasteiger partial charge in [0.05, 0.1) is 18.9 Å². The summed E-state index contributed by atoms with van der Waals surface area (Å²) in [6.45, 7) is 0. The molecule has 5 nitrogen and oxygen atoms in total. The molecule has 5 heteroatoms. The summed E-state index contributed by atoms with van der Waals surface area (Å²) in [5.74, 6) is -0.180. The van der Waals surface area contributed by atoms with Gasteiger partial charge in [-0.1, -0.05) is 30.3 Å². The summed E-state index contributed by atoms with van der Waals surface area (Å²) in [5, 5.41) is 9.39. The Morgan fingerprint density at radius 2 is 1.91 bits per heavy atom. The van der Waals surface area contributed by atoms with Crippen molar-refractivity contribution < 1.29 is 19.1 Å². The van der Waals surface area contributed by atoms with Crippen LogP contribution in [-0.4, -0.2) is 18.2 Å². The molecule has 0 aliphatic rings. The van der Waals surface area contributed by atoms with E-state index < -0.39 is 5.97 Å². The molecule has 2 aromatic carbocycles. The van der Waals surface area contributed by atoms with E-state index in [1.54, 1.807) is 12.1 Å². The third-order valence-electron chi connectivity index (χ3n) is 3.51. The largest absolute Gasteiger partial charge is 0.497 e. The second-order valence-electron chi connectivity index (χ2n) is 5.07. The lowest BCUT2D eigenvalue weighted by Crippen LogP contribution is -2.06. The first-order valence-electron chi connectivity index (χ1n) is 7.00. The molecule has 0 atom stereocenters. The van der Waals surface area contributed by atoms with Crippen LogP contribution in [0.1, 0.15) is 5.56 Å². The maximum absolute atomic E-state index is 12.4. The molecule has 0 saturated heterocycles. The molecule has 0 aliphatic heterocycles. The molecule has 0 radical (unpaired) electrons. The summed E-state index contributed by atoms with van der Waals surface area (Å²) in [6.07, 6.45) is -0.255. The molecule has 116 valence electrons. The number of ether oxygens (including phenoxy) is 1. The molecule has 0 fully saturated rings. The van der Waals surface area contributed by atoms with Crippen LogP contribution in [0.2, 0.25) is 0 Å². The highest BCUT2D eigenvalue weighted by Crippen LogP contribution is 2.28. The quantitative estimate of drug-likeness (QED) is 0.801. The number of rotatable bonds is 4. The number of benzene rings is 2. The van der Waals surface area contributed by atoms with Crippen LogP contribution in [0.5, 0.6) is 5.75 Å². The second-order valence-corrected chi connectivity index (χ2v) is 5.07. The molecule has 3 aromatic rings. The molecule has 3 rings (SSSR count). The molecule has 1 aromatic heterocycles. The van der Waals surface area contributed by atoms with Gasteiger partial charge in [-0.25, -0.2) is 0 Å². The Hall–Kier alpha value is -3.08. The van der Waals surface area contributed by atoms with Crippen molar-refractivity contribution in [2.45, 2.75) is 6.42 Å². The first kappa shape index (κ1) is 14.8. The summed E-state index contributed by atoms with van der Waals surface area (Å²) in [4.78, 5) is 23.5. The monoisotopic (exact) mass is 310 g/mol. The van der Waals surface area contributed by atoms with Gasteiger partial charge in [0.25, 0.3) is 0 Å². The maximum Gasteiger partial charge on any atom is 0.307 e. The average Bonchev–Trinajstić information content (AvgIpc) is 2.55. The lowest BCUT2D eigenvalue weighted by molar-refractivity contribution is -0.136. The zero-order valence-corrected chi connectivity index (χ0v) is 12.4. The van der Waals surface area contributed by atoms with Crippen molar-refractivity contribution in [2.24, 2.45) is 0 Å². The normalized spacial score (nSPS) is 10.7. The lowest BCUT2D eigenvalue weighted by atomic mass is 10.1. The van der Waals surface area contributed by atoms with Crippen LogP contribution in [0.25, 0.3) is 22.3 Å². The van der Waals surface area contributed by atoms with E-state index in [1.807, 2.05) is 30.3 Å². The van der Waals surface area contributed by atoms with Crippen molar-refractivity contribution in [3.05, 3.63) is 64.3 Å². The third kappa shape index (κ3) is 2.94. The number of aliphatic carboxylic acids is 1. The van der Waals surface area contributed by atoms with Crippen molar-refractivity contribution in [1.29, 1.82) is 0 Å². The van der Waals surface area contributed by atoms with E-state index in [2.05, 4.69) is 0 Å². The van der Waals surface area contributed by atoms with E-state index in [0.717, 1.165) is 5.56 Å². The van der Waals surface area contributed by atoms with Gasteiger partial charge in [-0.2, -0.15) is 0 Å². The maximum atomic E-state index is 12.4. The first-order valence-corrected chi connectivity index (χ1v) is 7.00. The van der Waals surface area contributed by atoms with Gasteiger partial charge in [0.2, 0.25) is 0 Å². The van der Waals surface area contributed by atoms with Gasteiger partial charge in [0, 0.05) is 17.2 Å². The van der Waals surface area contributed by atoms with Crippen LogP contribution < -0.4 is 10.2 Å². The molecule has 0 amide bonds. The van der Waals surface area contributed by atoms with Crippen LogP contribution in [0.15, 0.2) is 57.7 Å². The fourth-order valence-electron chi connectivity index (χ4n) is 2.46. The average molecular weight is 310 g/mol. The topological polar surface area (TPSA) is 76.7 Å². The van der Waals surface area contributed by atoms with Gasteiger partial charge in [0.15, 0.2) is 5.43 Å². The summed E-state index contributed by atoms with van der Waals surface area (Å²) in [5.41, 5.74) is 1.19. The molecule has 0 aliphatic carbocycles. The van der Waals surface area contributed by atoms with Gasteiger partial charge >= 0.3 is 5.97 Å². The minimum Gasteiger partial charge on any atom is -0.497 e. The van der Waals surface area contributed by atoms with Crippen LogP contribution >= 0.6 is 0 Å². The number of fused-ring (bicyclic) bond motifs is 1. The molecule has 0 saturated carbocycles. The van der Waals surface area contributed by atoms with E-state index in [4.69, 9.17) is 14.3 Å². The fraction of sp³-hybridized carbons (Fsp3) is 0.111. The zero-order chi connectivity index (χ0) is 16.4. The lowest BCUT2D eigenvalue weighted by Gasteiger charge is -2.09. The van der Waals surface area contributed by atoms with E-state index in [-0.39, 0.29) is 17.4 Å². The Morgan fingerprint density at radius 3 is 2.57 bits per heavy atom. The van der Waals surface area contributed by atoms with Crippen LogP contribution in [-0.2, 0) is 11.2 Å². The summed E-state index contributed by atoms with van der Waals surface area (Å²) in [6, 6.07) is 13.7. The fourth-order valence-corrected chi connectivity index (χ4v) is 2.46. The van der Waals surface area contributed by atoms with Crippen LogP contribution in [0.3, 0.4) is 0 Å². The number of methoxy groups -OCH3 is 1. The van der Waals surface area contributed by atoms with Gasteiger partial charge in [0.1, 0.15) is 17.1 Å². The first-order chi connectivity index (χ1) is 11.1. The highest BCUT2D eigenvalue weighted by atomic mass is 16.5. The molecule has 1 heterocycles. The Labute approximate surface area is 131 Å². The summed E-state index contributed by atoms with van der Waals surface area (Å²) < 4.78 is 11.0. The standard InChI is InChI=1S/C18H14O5/c1-22-13-7-12(8-17(20)21)18-14(9-13)15(19)10-16(23-18)11-5-3-2-4-6-11/h2-7,9-10H,8H2,1H3,(H,20,21). The minimum atomic E-state index is -1.01. The van der Waals surface area contributed by atoms with Crippen molar-refractivity contribution in [3.63, 3.8) is 0 Å². The second kappa shape index (κ2) is 5.96. The van der Waals surface area contributed by atoms with E-state index in [1.165, 1.54) is 13.2 Å². The van der Waals surface area contributed by atoms with Crippen molar-refractivity contribution in [2.75, 3.05) is 7.11 Å². The van der Waals surface area contributed by atoms with E-state index in [9.17, 15) is 9.59 Å². The zero-order valence-electron chi connectivity index (χ0n) is 12.4. The van der Waals surface area contributed by atoms with Crippen LogP contribution in [0, 0.1) is 0 Å². The number of carboxylic acids is 1. The SMILES string of the molecule is COc1cc(CC(=O)O)c2oc(-c3ccccc3)cc(=O)c2c1. The Balaban J connectivity index is 2.29. The predicted octanol–water partition coefficient (Wildman–Crippen LogP) is 3.10. The molecule has 1 N–H and O–H groups in total. The van der Waals surface area contributed by atoms with Gasteiger partial charge in [-0.3, -0.25) is 9.59 Å². The number of hydrogen-bond acceptors (Lipinski definition) is 4. The Morgan fingerprint density at radius 1 is 1.17 bits per heavy atom. The third-order valence-corrected chi connectivity index (χ3v) is 3.51. The minimum absolute atomic E-state index is 0.240. The van der Waals surface area contributed by atoms with Crippen LogP contribution in [0.4, 0.5) is 0 Å². The molecule has 23 heavy (non-hydrogen) atoms. The summed E-state index contributed by atoms with van der Waals surface area (Å²) in [7, 11) is 1.46. The smallest absolute Gasteiger partial charge is 0.307 e. The van der Waals surface area contributed by atoms with Crippen molar-refractivity contribution in [1.82, 2.24) is 0 Å². The van der Waals surface area contributed by atoms with E-state index in [0.29, 0.717) is 22.5 Å². The van der Waals surface area contributed by atoms with E-state index >= 15 is 0 Å². The number of carbonyl (C=O) groups is 1. The van der Waals surface area contributed by atoms with Gasteiger partial charge in [-0.05, 0) is 12.1 Å². The molecular formula is C18H14O5. The summed E-state index contributed by atoms with van der Waals surface area (Å²) >= 11 is 0. The Bertz CT molecular complexity index is 925. The number of carboxylic acid groups (broad SMARTS) is 1. The van der Waals surface area contributed by atoms with Gasteiger partial charge in [-0.15, -0.1) is 0 Å².